The summed E-state index contributed by atoms with van der Waals surface area (Å²) in [7, 11) is 0. The highest BCUT2D eigenvalue weighted by atomic mass is 35.5. The molecule has 1 saturated heterocycles. The van der Waals surface area contributed by atoms with Gasteiger partial charge in [-0.2, -0.15) is 0 Å². The highest BCUT2D eigenvalue weighted by Crippen LogP contribution is 2.16. The van der Waals surface area contributed by atoms with Crippen molar-refractivity contribution < 1.29 is 9.72 Å². The van der Waals surface area contributed by atoms with Crippen molar-refractivity contribution in [3.63, 3.8) is 0 Å². The molecule has 0 bridgehead atoms. The second kappa shape index (κ2) is 6.49. The third kappa shape index (κ3) is 3.42. The number of hydrogen-bond donors (Lipinski definition) is 1. The van der Waals surface area contributed by atoms with Crippen LogP contribution in [0.2, 0.25) is 0 Å². The topological polar surface area (TPSA) is 75.5 Å². The van der Waals surface area contributed by atoms with E-state index in [4.69, 9.17) is 0 Å². The number of nitro groups is 1. The quantitative estimate of drug-likeness (QED) is 0.659. The molecule has 0 spiro atoms. The first kappa shape index (κ1) is 15.4. The Labute approximate surface area is 117 Å². The molecule has 104 valence electrons. The summed E-state index contributed by atoms with van der Waals surface area (Å²) in [5.74, 6) is -0.146. The average Bonchev–Trinajstić information content (AvgIpc) is 2.38. The highest BCUT2D eigenvalue weighted by molar-refractivity contribution is 5.95. The van der Waals surface area contributed by atoms with Gasteiger partial charge in [0.15, 0.2) is 0 Å². The van der Waals surface area contributed by atoms with E-state index in [0.29, 0.717) is 12.1 Å². The summed E-state index contributed by atoms with van der Waals surface area (Å²) in [4.78, 5) is 24.2. The molecule has 0 aromatic heterocycles. The molecule has 0 saturated carbocycles. The molecular weight excluding hydrogens is 270 g/mol. The summed E-state index contributed by atoms with van der Waals surface area (Å²) in [6.45, 7) is 4.09. The van der Waals surface area contributed by atoms with Crippen LogP contribution in [-0.4, -0.2) is 41.4 Å². The minimum Gasteiger partial charge on any atom is -0.333 e. The number of amides is 1. The lowest BCUT2D eigenvalue weighted by Crippen LogP contribution is -2.52. The summed E-state index contributed by atoms with van der Waals surface area (Å²) in [6.07, 6.45) is 0. The minimum atomic E-state index is -0.488. The third-order valence-electron chi connectivity index (χ3n) is 3.07. The Morgan fingerprint density at radius 2 is 2.26 bits per heavy atom. The van der Waals surface area contributed by atoms with Gasteiger partial charge >= 0.3 is 0 Å². The number of carbonyl (C=O) groups is 1. The molecule has 1 aromatic rings. The van der Waals surface area contributed by atoms with Gasteiger partial charge in [-0.15, -0.1) is 12.4 Å². The second-order valence-electron chi connectivity index (χ2n) is 4.36. The monoisotopic (exact) mass is 285 g/mol. The predicted octanol–water partition coefficient (Wildman–Crippen LogP) is 1.45. The Morgan fingerprint density at radius 1 is 1.53 bits per heavy atom. The molecule has 1 fully saturated rings. The van der Waals surface area contributed by atoms with Crippen LogP contribution in [0.3, 0.4) is 0 Å². The molecule has 1 aromatic carbocycles. The SMILES string of the molecule is CC1CNCCN1C(=O)c1cccc([N+](=O)[O-])c1.Cl. The van der Waals surface area contributed by atoms with Crippen LogP contribution in [0, 0.1) is 10.1 Å². The summed E-state index contributed by atoms with van der Waals surface area (Å²) >= 11 is 0. The summed E-state index contributed by atoms with van der Waals surface area (Å²) in [6, 6.07) is 5.97. The van der Waals surface area contributed by atoms with Crippen molar-refractivity contribution >= 4 is 24.0 Å². The van der Waals surface area contributed by atoms with E-state index >= 15 is 0 Å². The van der Waals surface area contributed by atoms with Gasteiger partial charge < -0.3 is 10.2 Å². The molecule has 0 radical (unpaired) electrons. The van der Waals surface area contributed by atoms with Gasteiger partial charge in [-0.3, -0.25) is 14.9 Å². The number of rotatable bonds is 2. The molecule has 1 unspecified atom stereocenters. The number of halogens is 1. The van der Waals surface area contributed by atoms with E-state index in [9.17, 15) is 14.9 Å². The van der Waals surface area contributed by atoms with Crippen LogP contribution in [0.15, 0.2) is 24.3 Å². The first-order valence-electron chi connectivity index (χ1n) is 5.85. The number of benzene rings is 1. The zero-order valence-electron chi connectivity index (χ0n) is 10.5. The molecule has 1 aliphatic rings. The summed E-state index contributed by atoms with van der Waals surface area (Å²) in [5, 5.41) is 13.9. The number of piperazine rings is 1. The van der Waals surface area contributed by atoms with Crippen LogP contribution in [0.25, 0.3) is 0 Å². The molecule has 2 rings (SSSR count). The van der Waals surface area contributed by atoms with Crippen molar-refractivity contribution in [2.24, 2.45) is 0 Å². The van der Waals surface area contributed by atoms with E-state index in [1.807, 2.05) is 6.92 Å². The average molecular weight is 286 g/mol. The third-order valence-corrected chi connectivity index (χ3v) is 3.07. The zero-order valence-corrected chi connectivity index (χ0v) is 11.4. The molecule has 1 aliphatic heterocycles. The van der Waals surface area contributed by atoms with Crippen molar-refractivity contribution in [1.82, 2.24) is 10.2 Å². The van der Waals surface area contributed by atoms with Crippen molar-refractivity contribution in [3.8, 4) is 0 Å². The first-order valence-corrected chi connectivity index (χ1v) is 5.85. The molecule has 7 heteroatoms. The standard InChI is InChI=1S/C12H15N3O3.ClH/c1-9-8-13-5-6-14(9)12(16)10-3-2-4-11(7-10)15(17)18;/h2-4,7,9,13H,5-6,8H2,1H3;1H. The van der Waals surface area contributed by atoms with Crippen LogP contribution >= 0.6 is 12.4 Å². The fraction of sp³-hybridized carbons (Fsp3) is 0.417. The number of hydrogen-bond acceptors (Lipinski definition) is 4. The Bertz CT molecular complexity index is 481. The molecule has 19 heavy (non-hydrogen) atoms. The summed E-state index contributed by atoms with van der Waals surface area (Å²) in [5.41, 5.74) is 0.321. The molecule has 1 heterocycles. The zero-order chi connectivity index (χ0) is 13.1. The number of nitro benzene ring substituents is 1. The molecular formula is C12H16ClN3O3. The lowest BCUT2D eigenvalue weighted by atomic mass is 10.1. The molecule has 1 atom stereocenters. The van der Waals surface area contributed by atoms with Crippen LogP contribution in [-0.2, 0) is 0 Å². The van der Waals surface area contributed by atoms with Gasteiger partial charge in [-0.05, 0) is 13.0 Å². The maximum atomic E-state index is 12.3. The Kier molecular flexibility index (Phi) is 5.26. The van der Waals surface area contributed by atoms with Crippen LogP contribution < -0.4 is 5.32 Å². The van der Waals surface area contributed by atoms with Crippen molar-refractivity contribution in [2.75, 3.05) is 19.6 Å². The number of nitrogens with zero attached hydrogens (tertiary/aromatic N) is 2. The normalized spacial score (nSPS) is 18.6. The van der Waals surface area contributed by atoms with Gasteiger partial charge in [0.25, 0.3) is 11.6 Å². The lowest BCUT2D eigenvalue weighted by Gasteiger charge is -2.34. The molecule has 1 N–H and O–H groups in total. The number of carbonyl (C=O) groups excluding carboxylic acids is 1. The largest absolute Gasteiger partial charge is 0.333 e. The number of nitrogens with one attached hydrogen (secondary N) is 1. The Morgan fingerprint density at radius 3 is 2.89 bits per heavy atom. The van der Waals surface area contributed by atoms with E-state index < -0.39 is 4.92 Å². The van der Waals surface area contributed by atoms with Gasteiger partial charge in [-0.1, -0.05) is 6.07 Å². The smallest absolute Gasteiger partial charge is 0.270 e. The van der Waals surface area contributed by atoms with Gasteiger partial charge in [-0.25, -0.2) is 0 Å². The van der Waals surface area contributed by atoms with Crippen LogP contribution in [0.4, 0.5) is 5.69 Å². The van der Waals surface area contributed by atoms with Crippen molar-refractivity contribution in [1.29, 1.82) is 0 Å². The Balaban J connectivity index is 0.00000180. The van der Waals surface area contributed by atoms with Gasteiger partial charge in [0, 0.05) is 43.4 Å². The van der Waals surface area contributed by atoms with Crippen LogP contribution in [0.5, 0.6) is 0 Å². The van der Waals surface area contributed by atoms with Gasteiger partial charge in [0.1, 0.15) is 0 Å². The summed E-state index contributed by atoms with van der Waals surface area (Å²) < 4.78 is 0. The second-order valence-corrected chi connectivity index (χ2v) is 4.36. The fourth-order valence-electron chi connectivity index (χ4n) is 2.06. The Hall–Kier alpha value is -1.66. The van der Waals surface area contributed by atoms with Crippen LogP contribution in [0.1, 0.15) is 17.3 Å². The van der Waals surface area contributed by atoms with E-state index in [-0.39, 0.29) is 30.0 Å². The highest BCUT2D eigenvalue weighted by Gasteiger charge is 2.24. The van der Waals surface area contributed by atoms with Gasteiger partial charge in [0.2, 0.25) is 0 Å². The van der Waals surface area contributed by atoms with Gasteiger partial charge in [0.05, 0.1) is 4.92 Å². The molecule has 0 aliphatic carbocycles. The maximum Gasteiger partial charge on any atom is 0.270 e. The van der Waals surface area contributed by atoms with E-state index in [1.54, 1.807) is 11.0 Å². The first-order chi connectivity index (χ1) is 8.59. The number of non-ortho nitro benzene ring substituents is 1. The van der Waals surface area contributed by atoms with Crippen molar-refractivity contribution in [3.05, 3.63) is 39.9 Å². The van der Waals surface area contributed by atoms with E-state index in [1.165, 1.54) is 18.2 Å². The molecule has 1 amide bonds. The predicted molar refractivity (Wildman–Crippen MR) is 73.7 cm³/mol. The lowest BCUT2D eigenvalue weighted by molar-refractivity contribution is -0.384. The van der Waals surface area contributed by atoms with E-state index in [2.05, 4.69) is 5.32 Å². The molecule has 6 nitrogen and oxygen atoms in total. The van der Waals surface area contributed by atoms with Crippen molar-refractivity contribution in [2.45, 2.75) is 13.0 Å². The fourth-order valence-corrected chi connectivity index (χ4v) is 2.06. The minimum absolute atomic E-state index is 0. The van der Waals surface area contributed by atoms with E-state index in [0.717, 1.165) is 13.1 Å². The maximum absolute atomic E-state index is 12.3.